The fourth-order valence-corrected chi connectivity index (χ4v) is 7.19. The SMILES string of the molecule is Nc1nc(-c2cccc(N3C=Cc4cc(C5CC5)cc(F)c4C3)c2CO)c2cc(-c3ccc(CN4CCN(CCO)CC4)cc3)[nH]c2n1. The Hall–Kier alpha value is -4.61. The molecule has 1 saturated carbocycles. The first-order valence-electron chi connectivity index (χ1n) is 16.8. The molecule has 0 amide bonds. The molecule has 0 atom stereocenters. The van der Waals surface area contributed by atoms with Crippen molar-refractivity contribution in [2.45, 2.75) is 38.5 Å². The number of nitrogen functional groups attached to an aromatic ring is 1. The number of anilines is 2. The predicted molar refractivity (Wildman–Crippen MR) is 187 cm³/mol. The summed E-state index contributed by atoms with van der Waals surface area (Å²) in [7, 11) is 0. The maximum atomic E-state index is 15.3. The summed E-state index contributed by atoms with van der Waals surface area (Å²) in [4.78, 5) is 19.3. The van der Waals surface area contributed by atoms with Crippen LogP contribution in [-0.4, -0.2) is 74.3 Å². The third-order valence-electron chi connectivity index (χ3n) is 9.99. The number of rotatable bonds is 9. The Labute approximate surface area is 279 Å². The van der Waals surface area contributed by atoms with Gasteiger partial charge in [-0.2, -0.15) is 4.98 Å². The zero-order valence-corrected chi connectivity index (χ0v) is 26.9. The molecule has 0 radical (unpaired) electrons. The van der Waals surface area contributed by atoms with Gasteiger partial charge in [0.1, 0.15) is 11.5 Å². The number of aromatic amines is 1. The fourth-order valence-electron chi connectivity index (χ4n) is 7.19. The number of aliphatic hydroxyl groups excluding tert-OH is 2. The summed E-state index contributed by atoms with van der Waals surface area (Å²) in [5.41, 5.74) is 15.5. The Kier molecular flexibility index (Phi) is 8.17. The van der Waals surface area contributed by atoms with Gasteiger partial charge in [-0.15, -0.1) is 0 Å². The zero-order valence-electron chi connectivity index (χ0n) is 26.9. The van der Waals surface area contributed by atoms with E-state index in [4.69, 9.17) is 5.73 Å². The van der Waals surface area contributed by atoms with Gasteiger partial charge < -0.3 is 25.8 Å². The van der Waals surface area contributed by atoms with Crippen LogP contribution >= 0.6 is 0 Å². The maximum Gasteiger partial charge on any atom is 0.222 e. The number of nitrogens with zero attached hydrogens (tertiary/aromatic N) is 5. The number of β-amino-alcohol motifs (C(OH)–C–C–N with tert-alkyl or cyclic N) is 1. The highest BCUT2D eigenvalue weighted by Gasteiger charge is 2.27. The van der Waals surface area contributed by atoms with Gasteiger partial charge in [-0.3, -0.25) is 9.80 Å². The number of aromatic nitrogens is 3. The van der Waals surface area contributed by atoms with Crippen molar-refractivity contribution in [3.8, 4) is 22.5 Å². The number of hydrogen-bond acceptors (Lipinski definition) is 8. The number of aliphatic hydroxyl groups is 2. The molecule has 2 fully saturated rings. The van der Waals surface area contributed by atoms with Gasteiger partial charge in [-0.05, 0) is 65.3 Å². The van der Waals surface area contributed by atoms with Crippen molar-refractivity contribution >= 4 is 28.7 Å². The second-order valence-corrected chi connectivity index (χ2v) is 13.2. The summed E-state index contributed by atoms with van der Waals surface area (Å²) >= 11 is 0. The largest absolute Gasteiger partial charge is 0.395 e. The van der Waals surface area contributed by atoms with Crippen molar-refractivity contribution < 1.29 is 14.6 Å². The Morgan fingerprint density at radius 1 is 0.938 bits per heavy atom. The van der Waals surface area contributed by atoms with E-state index in [1.54, 1.807) is 6.07 Å². The molecule has 4 heterocycles. The van der Waals surface area contributed by atoms with Gasteiger partial charge in [-0.25, -0.2) is 9.37 Å². The van der Waals surface area contributed by atoms with Crippen LogP contribution in [-0.2, 0) is 19.7 Å². The summed E-state index contributed by atoms with van der Waals surface area (Å²) in [6.45, 7) is 5.90. The molecule has 246 valence electrons. The molecule has 9 nitrogen and oxygen atoms in total. The first-order valence-corrected chi connectivity index (χ1v) is 16.8. The standard InChI is InChI=1S/C38H40FN7O2/c39-33-19-28(25-8-9-25)18-27-10-11-46(22-31(27)33)35-3-1-2-29(32(35)23-48)36-30-20-34(41-37(30)43-38(40)42-36)26-6-4-24(5-7-26)21-45-14-12-44(13-15-45)16-17-47/h1-7,10-11,18-20,25,47-48H,8-9,12-17,21-23H2,(H3,40,41,42,43). The number of piperazine rings is 1. The molecule has 1 saturated heterocycles. The minimum atomic E-state index is -0.230. The van der Waals surface area contributed by atoms with Gasteiger partial charge in [0.25, 0.3) is 0 Å². The second kappa shape index (κ2) is 12.8. The van der Waals surface area contributed by atoms with Gasteiger partial charge in [0, 0.05) is 78.9 Å². The number of H-pyrrole nitrogens is 1. The Balaban J connectivity index is 1.07. The molecule has 3 aliphatic rings. The van der Waals surface area contributed by atoms with Crippen molar-refractivity contribution in [2.24, 2.45) is 0 Å². The molecule has 3 aromatic carbocycles. The van der Waals surface area contributed by atoms with Crippen LogP contribution in [0.4, 0.5) is 16.0 Å². The van der Waals surface area contributed by atoms with Crippen molar-refractivity contribution in [1.82, 2.24) is 24.8 Å². The average molecular weight is 646 g/mol. The van der Waals surface area contributed by atoms with E-state index in [1.807, 2.05) is 41.4 Å². The summed E-state index contributed by atoms with van der Waals surface area (Å²) in [6, 6.07) is 20.2. The highest BCUT2D eigenvalue weighted by Crippen LogP contribution is 2.43. The number of nitrogens with one attached hydrogen (secondary N) is 1. The van der Waals surface area contributed by atoms with E-state index in [0.29, 0.717) is 34.9 Å². The van der Waals surface area contributed by atoms with E-state index in [2.05, 4.69) is 55.1 Å². The zero-order chi connectivity index (χ0) is 32.8. The van der Waals surface area contributed by atoms with Crippen molar-refractivity contribution in [3.63, 3.8) is 0 Å². The number of fused-ring (bicyclic) bond motifs is 2. The molecule has 8 rings (SSSR count). The molecule has 2 aliphatic heterocycles. The van der Waals surface area contributed by atoms with Crippen LogP contribution in [0.3, 0.4) is 0 Å². The molecule has 1 aliphatic carbocycles. The maximum absolute atomic E-state index is 15.3. The van der Waals surface area contributed by atoms with E-state index in [0.717, 1.165) is 91.1 Å². The molecule has 5 N–H and O–H groups in total. The van der Waals surface area contributed by atoms with Crippen LogP contribution in [0, 0.1) is 5.82 Å². The van der Waals surface area contributed by atoms with E-state index in [1.165, 1.54) is 5.56 Å². The normalized spacial score (nSPS) is 16.9. The van der Waals surface area contributed by atoms with Gasteiger partial charge in [0.15, 0.2) is 0 Å². The highest BCUT2D eigenvalue weighted by atomic mass is 19.1. The van der Waals surface area contributed by atoms with Crippen LogP contribution in [0.5, 0.6) is 0 Å². The molecular weight excluding hydrogens is 605 g/mol. The summed E-state index contributed by atoms with van der Waals surface area (Å²) in [5.74, 6) is 0.436. The predicted octanol–water partition coefficient (Wildman–Crippen LogP) is 5.48. The average Bonchev–Trinajstić information content (AvgIpc) is 3.87. The van der Waals surface area contributed by atoms with E-state index in [9.17, 15) is 10.2 Å². The first kappa shape index (κ1) is 30.7. The lowest BCUT2D eigenvalue weighted by atomic mass is 9.96. The van der Waals surface area contributed by atoms with Gasteiger partial charge >= 0.3 is 0 Å². The number of halogens is 1. The molecule has 0 bridgehead atoms. The third-order valence-corrected chi connectivity index (χ3v) is 9.99. The molecule has 10 heteroatoms. The van der Waals surface area contributed by atoms with Gasteiger partial charge in [0.2, 0.25) is 5.95 Å². The molecule has 2 aromatic heterocycles. The summed E-state index contributed by atoms with van der Waals surface area (Å²) in [6.07, 6.45) is 6.19. The topological polar surface area (TPSA) is 118 Å². The number of nitrogens with two attached hydrogens (primary N) is 1. The molecule has 48 heavy (non-hydrogen) atoms. The molecule has 0 spiro atoms. The van der Waals surface area contributed by atoms with Crippen LogP contribution in [0.1, 0.15) is 46.6 Å². The number of hydrogen-bond donors (Lipinski definition) is 4. The molecular formula is C38H40FN7O2. The van der Waals surface area contributed by atoms with Crippen molar-refractivity contribution in [2.75, 3.05) is 50.0 Å². The lowest BCUT2D eigenvalue weighted by molar-refractivity contribution is 0.108. The van der Waals surface area contributed by atoms with Gasteiger partial charge in [-0.1, -0.05) is 42.5 Å². The van der Waals surface area contributed by atoms with Crippen LogP contribution in [0.15, 0.2) is 66.9 Å². The lowest BCUT2D eigenvalue weighted by Crippen LogP contribution is -2.46. The van der Waals surface area contributed by atoms with Crippen molar-refractivity contribution in [3.05, 3.63) is 100 Å². The third kappa shape index (κ3) is 5.97. The van der Waals surface area contributed by atoms with E-state index in [-0.39, 0.29) is 25.0 Å². The van der Waals surface area contributed by atoms with Crippen LogP contribution in [0.25, 0.3) is 39.6 Å². The summed E-state index contributed by atoms with van der Waals surface area (Å²) in [5, 5.41) is 20.7. The number of benzene rings is 3. The Morgan fingerprint density at radius 2 is 1.73 bits per heavy atom. The monoisotopic (exact) mass is 645 g/mol. The van der Waals surface area contributed by atoms with E-state index < -0.39 is 0 Å². The first-order chi connectivity index (χ1) is 23.5. The smallest absolute Gasteiger partial charge is 0.222 e. The second-order valence-electron chi connectivity index (χ2n) is 13.2. The van der Waals surface area contributed by atoms with Gasteiger partial charge in [0.05, 0.1) is 25.5 Å². The molecule has 5 aromatic rings. The fraction of sp³-hybridized carbons (Fsp3) is 0.316. The quantitative estimate of drug-likeness (QED) is 0.167. The van der Waals surface area contributed by atoms with Crippen molar-refractivity contribution in [1.29, 1.82) is 0 Å². The minimum Gasteiger partial charge on any atom is -0.395 e. The minimum absolute atomic E-state index is 0.134. The molecule has 0 unspecified atom stereocenters. The van der Waals surface area contributed by atoms with E-state index >= 15 is 4.39 Å². The Morgan fingerprint density at radius 3 is 2.48 bits per heavy atom. The van der Waals surface area contributed by atoms with Crippen LogP contribution < -0.4 is 10.6 Å². The lowest BCUT2D eigenvalue weighted by Gasteiger charge is -2.34. The van der Waals surface area contributed by atoms with Crippen LogP contribution in [0.2, 0.25) is 0 Å². The Bertz CT molecular complexity index is 2000. The summed E-state index contributed by atoms with van der Waals surface area (Å²) < 4.78 is 15.3. The highest BCUT2D eigenvalue weighted by molar-refractivity contribution is 5.96.